The van der Waals surface area contributed by atoms with Gasteiger partial charge in [-0.05, 0) is 74.9 Å². The Morgan fingerprint density at radius 2 is 2.11 bits per heavy atom. The van der Waals surface area contributed by atoms with Gasteiger partial charge in [0.25, 0.3) is 5.89 Å². The van der Waals surface area contributed by atoms with Crippen molar-refractivity contribution in [3.8, 4) is 23.3 Å². The second-order valence-electron chi connectivity index (χ2n) is 9.89. The Morgan fingerprint density at radius 3 is 2.84 bits per heavy atom. The summed E-state index contributed by atoms with van der Waals surface area (Å²) in [4.78, 5) is 29.8. The molecule has 1 N–H and O–H groups in total. The summed E-state index contributed by atoms with van der Waals surface area (Å²) in [6.45, 7) is 6.52. The predicted octanol–water partition coefficient (Wildman–Crippen LogP) is 4.73. The second-order valence-corrected chi connectivity index (χ2v) is 9.89. The summed E-state index contributed by atoms with van der Waals surface area (Å²) in [7, 11) is 0. The van der Waals surface area contributed by atoms with Gasteiger partial charge in [0.1, 0.15) is 5.75 Å². The molecule has 1 aromatic heterocycles. The van der Waals surface area contributed by atoms with Crippen molar-refractivity contribution in [2.75, 3.05) is 18.5 Å². The molecule has 2 aliphatic rings. The van der Waals surface area contributed by atoms with Gasteiger partial charge in [-0.3, -0.25) is 9.59 Å². The summed E-state index contributed by atoms with van der Waals surface area (Å²) >= 11 is 0. The topological polar surface area (TPSA) is 127 Å². The Kier molecular flexibility index (Phi) is 6.89. The number of ether oxygens (including phenoxy) is 2. The Morgan fingerprint density at radius 1 is 1.26 bits per heavy atom. The third-order valence-corrected chi connectivity index (χ3v) is 7.70. The van der Waals surface area contributed by atoms with E-state index in [2.05, 4.69) is 28.5 Å². The van der Waals surface area contributed by atoms with Crippen LogP contribution in [0.3, 0.4) is 0 Å². The van der Waals surface area contributed by atoms with Gasteiger partial charge >= 0.3 is 5.97 Å². The maximum Gasteiger partial charge on any atom is 0.305 e. The number of nitrogens with zero attached hydrogens (tertiary/aromatic N) is 3. The highest BCUT2D eigenvalue weighted by Gasteiger charge is 2.67. The predicted molar refractivity (Wildman–Crippen MR) is 138 cm³/mol. The zero-order valence-electron chi connectivity index (χ0n) is 21.7. The lowest BCUT2D eigenvalue weighted by Gasteiger charge is -2.28. The van der Waals surface area contributed by atoms with Gasteiger partial charge in [0.2, 0.25) is 5.91 Å². The summed E-state index contributed by atoms with van der Waals surface area (Å²) in [5.41, 5.74) is 3.35. The van der Waals surface area contributed by atoms with Crippen molar-refractivity contribution in [2.45, 2.75) is 51.9 Å². The van der Waals surface area contributed by atoms with Crippen LogP contribution < -0.4 is 10.1 Å². The maximum absolute atomic E-state index is 13.7. The van der Waals surface area contributed by atoms with Gasteiger partial charge < -0.3 is 19.3 Å². The Hall–Kier alpha value is -4.19. The molecule has 1 aliphatic carbocycles. The number of carbonyl (C=O) groups is 2. The van der Waals surface area contributed by atoms with Crippen molar-refractivity contribution in [1.82, 2.24) is 10.1 Å². The highest BCUT2D eigenvalue weighted by Crippen LogP contribution is 2.65. The third-order valence-electron chi connectivity index (χ3n) is 7.70. The highest BCUT2D eigenvalue weighted by atomic mass is 16.5. The molecule has 1 amide bonds. The molecule has 3 aromatic rings. The molecule has 9 nitrogen and oxygen atoms in total. The lowest BCUT2D eigenvalue weighted by molar-refractivity contribution is -0.143. The smallest absolute Gasteiger partial charge is 0.305 e. The fourth-order valence-corrected chi connectivity index (χ4v) is 5.77. The SMILES string of the molecule is CCOC(=O)CCCc1ccc(C#N)cc1NC(=O)C1C(C)[C@]12CCOc1ccc(-c3nc(C)no3)cc12. The molecule has 1 spiro atoms. The highest BCUT2D eigenvalue weighted by molar-refractivity contribution is 5.97. The number of carbonyl (C=O) groups excluding carboxylic acids is 2. The van der Waals surface area contributed by atoms with Crippen molar-refractivity contribution in [2.24, 2.45) is 11.8 Å². The van der Waals surface area contributed by atoms with Crippen LogP contribution in [0.25, 0.3) is 11.5 Å². The number of amides is 1. The van der Waals surface area contributed by atoms with E-state index in [1.807, 2.05) is 24.3 Å². The molecule has 1 fully saturated rings. The molecule has 3 atom stereocenters. The zero-order valence-corrected chi connectivity index (χ0v) is 21.7. The first-order valence-electron chi connectivity index (χ1n) is 12.9. The number of nitrogens with one attached hydrogen (secondary N) is 1. The average molecular weight is 515 g/mol. The van der Waals surface area contributed by atoms with Crippen LogP contribution in [0.1, 0.15) is 55.6 Å². The number of hydrogen-bond acceptors (Lipinski definition) is 8. The van der Waals surface area contributed by atoms with Gasteiger partial charge in [-0.1, -0.05) is 18.1 Å². The van der Waals surface area contributed by atoms with Crippen LogP contribution in [0.5, 0.6) is 5.75 Å². The first-order chi connectivity index (χ1) is 18.4. The summed E-state index contributed by atoms with van der Waals surface area (Å²) in [5, 5.41) is 16.4. The number of rotatable bonds is 8. The fraction of sp³-hybridized carbons (Fsp3) is 0.414. The first kappa shape index (κ1) is 25.5. The van der Waals surface area contributed by atoms with E-state index in [0.29, 0.717) is 55.4 Å². The molecule has 2 aromatic carbocycles. The summed E-state index contributed by atoms with van der Waals surface area (Å²) in [5.74, 6) is 1.25. The molecule has 0 bridgehead atoms. The molecule has 0 saturated heterocycles. The summed E-state index contributed by atoms with van der Waals surface area (Å²) < 4.78 is 16.3. The fourth-order valence-electron chi connectivity index (χ4n) is 5.77. The summed E-state index contributed by atoms with van der Waals surface area (Å²) in [6, 6.07) is 13.2. The number of nitriles is 1. The lowest BCUT2D eigenvalue weighted by Crippen LogP contribution is -2.27. The van der Waals surface area contributed by atoms with Crippen molar-refractivity contribution in [3.05, 3.63) is 58.9 Å². The Bertz CT molecular complexity index is 1420. The molecule has 5 rings (SSSR count). The Balaban J connectivity index is 1.38. The molecule has 2 heterocycles. The van der Waals surface area contributed by atoms with Crippen LogP contribution in [0.2, 0.25) is 0 Å². The molecule has 1 saturated carbocycles. The van der Waals surface area contributed by atoms with Crippen molar-refractivity contribution < 1.29 is 23.6 Å². The van der Waals surface area contributed by atoms with E-state index in [1.165, 1.54) is 0 Å². The molecule has 9 heteroatoms. The van der Waals surface area contributed by atoms with Crippen molar-refractivity contribution >= 4 is 17.6 Å². The lowest BCUT2D eigenvalue weighted by atomic mass is 9.85. The number of anilines is 1. The van der Waals surface area contributed by atoms with E-state index >= 15 is 0 Å². The minimum atomic E-state index is -0.361. The normalized spacial score (nSPS) is 21.2. The number of benzene rings is 2. The number of aromatic nitrogens is 2. The molecule has 0 radical (unpaired) electrons. The molecule has 38 heavy (non-hydrogen) atoms. The number of esters is 1. The molecular weight excluding hydrogens is 484 g/mol. The van der Waals surface area contributed by atoms with Crippen LogP contribution in [-0.2, 0) is 26.2 Å². The zero-order chi connectivity index (χ0) is 26.9. The maximum atomic E-state index is 13.7. The number of hydrogen-bond donors (Lipinski definition) is 1. The van der Waals surface area contributed by atoms with Crippen LogP contribution in [-0.4, -0.2) is 35.2 Å². The summed E-state index contributed by atoms with van der Waals surface area (Å²) in [6.07, 6.45) is 2.17. The Labute approximate surface area is 221 Å². The van der Waals surface area contributed by atoms with E-state index in [4.69, 9.17) is 14.0 Å². The molecule has 2 unspecified atom stereocenters. The van der Waals surface area contributed by atoms with Crippen LogP contribution in [0, 0.1) is 30.1 Å². The second kappa shape index (κ2) is 10.3. The minimum Gasteiger partial charge on any atom is -0.493 e. The van der Waals surface area contributed by atoms with Gasteiger partial charge in [-0.15, -0.1) is 0 Å². The quantitative estimate of drug-likeness (QED) is 0.428. The minimum absolute atomic E-state index is 0.0916. The first-order valence-corrected chi connectivity index (χ1v) is 12.9. The van der Waals surface area contributed by atoms with E-state index < -0.39 is 0 Å². The molecule has 196 valence electrons. The van der Waals surface area contributed by atoms with E-state index in [-0.39, 0.29) is 29.1 Å². The van der Waals surface area contributed by atoms with Crippen LogP contribution in [0.4, 0.5) is 5.69 Å². The average Bonchev–Trinajstić information content (AvgIpc) is 3.24. The van der Waals surface area contributed by atoms with E-state index in [9.17, 15) is 14.9 Å². The molecular formula is C29H30N4O5. The monoisotopic (exact) mass is 514 g/mol. The largest absolute Gasteiger partial charge is 0.493 e. The van der Waals surface area contributed by atoms with Crippen LogP contribution >= 0.6 is 0 Å². The standard InChI is InChI=1S/C29H30N4O5/c1-4-36-25(34)7-5-6-20-9-8-19(16-30)14-23(20)32-27(35)26-17(2)29(26)12-13-37-24-11-10-21(15-22(24)29)28-31-18(3)33-38-28/h8-11,14-15,17,26H,4-7,12-13H2,1-3H3,(H,32,35)/t17?,26?,29-/m0/s1. The van der Waals surface area contributed by atoms with Crippen molar-refractivity contribution in [3.63, 3.8) is 0 Å². The van der Waals surface area contributed by atoms with Crippen molar-refractivity contribution in [1.29, 1.82) is 5.26 Å². The van der Waals surface area contributed by atoms with Gasteiger partial charge in [0.05, 0.1) is 30.8 Å². The third kappa shape index (κ3) is 4.62. The van der Waals surface area contributed by atoms with Gasteiger partial charge in [0.15, 0.2) is 5.82 Å². The van der Waals surface area contributed by atoms with Gasteiger partial charge in [-0.2, -0.15) is 10.2 Å². The van der Waals surface area contributed by atoms with Crippen LogP contribution in [0.15, 0.2) is 40.9 Å². The number of fused-ring (bicyclic) bond motifs is 2. The van der Waals surface area contributed by atoms with Gasteiger partial charge in [-0.25, -0.2) is 0 Å². The van der Waals surface area contributed by atoms with Gasteiger partial charge in [0, 0.05) is 28.7 Å². The number of aryl methyl sites for hydroxylation is 2. The molecule has 1 aliphatic heterocycles. The van der Waals surface area contributed by atoms with E-state index in [0.717, 1.165) is 28.9 Å². The van der Waals surface area contributed by atoms with E-state index in [1.54, 1.807) is 26.0 Å².